The van der Waals surface area contributed by atoms with Crippen LogP contribution in [0.15, 0.2) is 20.0 Å². The van der Waals surface area contributed by atoms with E-state index in [1.807, 2.05) is 19.0 Å². The summed E-state index contributed by atoms with van der Waals surface area (Å²) in [6, 6.07) is -0.0787. The van der Waals surface area contributed by atoms with Gasteiger partial charge in [0.2, 0.25) is 0 Å². The van der Waals surface area contributed by atoms with Gasteiger partial charge in [0, 0.05) is 14.1 Å². The number of nitrogens with zero attached hydrogens (tertiary/aromatic N) is 5. The van der Waals surface area contributed by atoms with Gasteiger partial charge in [-0.05, 0) is 0 Å². The zero-order valence-electron chi connectivity index (χ0n) is 6.97. The molecule has 1 unspecified atom stereocenters. The second kappa shape index (κ2) is 2.51. The highest BCUT2D eigenvalue weighted by atomic mass is 15.2. The van der Waals surface area contributed by atoms with Crippen molar-refractivity contribution in [1.82, 2.24) is 4.90 Å². The fourth-order valence-electron chi connectivity index (χ4n) is 1.16. The molecule has 5 nitrogen and oxygen atoms in total. The third kappa shape index (κ3) is 0.939. The Labute approximate surface area is 70.3 Å². The van der Waals surface area contributed by atoms with E-state index >= 15 is 0 Å². The molecule has 5 heteroatoms. The average Bonchev–Trinajstić information content (AvgIpc) is 2.49. The first kappa shape index (κ1) is 7.15. The predicted octanol–water partition coefficient (Wildman–Crippen LogP) is -0.203. The van der Waals surface area contributed by atoms with E-state index in [1.165, 1.54) is 12.7 Å². The number of hydrogen-bond acceptors (Lipinski definition) is 5. The number of rotatable bonds is 0. The second-order valence-electron chi connectivity index (χ2n) is 2.78. The van der Waals surface area contributed by atoms with Crippen molar-refractivity contribution in [3.05, 3.63) is 0 Å². The third-order valence-electron chi connectivity index (χ3n) is 1.73. The molecule has 2 aliphatic heterocycles. The summed E-state index contributed by atoms with van der Waals surface area (Å²) in [5.74, 6) is 1.62. The number of likely N-dealkylation sites (N-methyl/N-ethyl adjacent to an activating group) is 1. The van der Waals surface area contributed by atoms with Gasteiger partial charge in [0.15, 0.2) is 11.9 Å². The predicted molar refractivity (Wildman–Crippen MR) is 49.3 cm³/mol. The highest BCUT2D eigenvalue weighted by Crippen LogP contribution is 2.09. The van der Waals surface area contributed by atoms with Crippen molar-refractivity contribution in [3.63, 3.8) is 0 Å². The number of fused-ring (bicyclic) bond motifs is 1. The summed E-state index contributed by atoms with van der Waals surface area (Å²) in [6.07, 6.45) is 3.04. The fourth-order valence-corrected chi connectivity index (χ4v) is 1.16. The maximum absolute atomic E-state index is 4.15. The summed E-state index contributed by atoms with van der Waals surface area (Å²) in [5, 5.41) is 0. The first-order valence-corrected chi connectivity index (χ1v) is 3.66. The van der Waals surface area contributed by atoms with Crippen LogP contribution < -0.4 is 0 Å². The van der Waals surface area contributed by atoms with E-state index < -0.39 is 0 Å². The van der Waals surface area contributed by atoms with Crippen LogP contribution in [0.1, 0.15) is 0 Å². The van der Waals surface area contributed by atoms with Crippen molar-refractivity contribution < 1.29 is 0 Å². The molecule has 0 amide bonds. The molecule has 62 valence electrons. The van der Waals surface area contributed by atoms with Crippen molar-refractivity contribution >= 4 is 24.3 Å². The molecule has 0 saturated carbocycles. The van der Waals surface area contributed by atoms with Gasteiger partial charge in [-0.15, -0.1) is 0 Å². The third-order valence-corrected chi connectivity index (χ3v) is 1.73. The molecule has 0 N–H and O–H groups in total. The van der Waals surface area contributed by atoms with Gasteiger partial charge in [-0.2, -0.15) is 0 Å². The summed E-state index contributed by atoms with van der Waals surface area (Å²) in [5.41, 5.74) is 0. The molecule has 0 spiro atoms. The summed E-state index contributed by atoms with van der Waals surface area (Å²) < 4.78 is 0. The molecule has 0 aromatic rings. The standard InChI is InChI=1S/C7H9N5/c1-12(2)7-5-6(9-3-8-5)10-4-11-7/h3-5H,1-2H3. The van der Waals surface area contributed by atoms with E-state index in [0.29, 0.717) is 0 Å². The summed E-state index contributed by atoms with van der Waals surface area (Å²) >= 11 is 0. The van der Waals surface area contributed by atoms with Crippen LogP contribution in [0.4, 0.5) is 0 Å². The lowest BCUT2D eigenvalue weighted by Crippen LogP contribution is -2.38. The summed E-state index contributed by atoms with van der Waals surface area (Å²) in [6.45, 7) is 0. The monoisotopic (exact) mass is 163 g/mol. The molecular weight excluding hydrogens is 154 g/mol. The minimum atomic E-state index is -0.0787. The van der Waals surface area contributed by atoms with Crippen molar-refractivity contribution in [2.24, 2.45) is 20.0 Å². The van der Waals surface area contributed by atoms with Crippen molar-refractivity contribution in [1.29, 1.82) is 0 Å². The molecule has 2 aliphatic rings. The Balaban J connectivity index is 2.35. The number of aliphatic imine (C=N–C) groups is 4. The maximum Gasteiger partial charge on any atom is 0.169 e. The lowest BCUT2D eigenvalue weighted by molar-refractivity contribution is 0.605. The smallest absolute Gasteiger partial charge is 0.169 e. The van der Waals surface area contributed by atoms with Crippen molar-refractivity contribution in [2.75, 3.05) is 14.1 Å². The van der Waals surface area contributed by atoms with Gasteiger partial charge in [-0.3, -0.25) is 4.99 Å². The molecule has 0 saturated heterocycles. The lowest BCUT2D eigenvalue weighted by atomic mass is 10.2. The van der Waals surface area contributed by atoms with Gasteiger partial charge in [0.1, 0.15) is 18.5 Å². The molecule has 1 atom stereocenters. The van der Waals surface area contributed by atoms with Gasteiger partial charge in [-0.25, -0.2) is 15.0 Å². The Morgan fingerprint density at radius 1 is 1.25 bits per heavy atom. The van der Waals surface area contributed by atoms with Crippen LogP contribution in [-0.4, -0.2) is 49.4 Å². The molecule has 0 aromatic heterocycles. The van der Waals surface area contributed by atoms with E-state index in [-0.39, 0.29) is 6.04 Å². The van der Waals surface area contributed by atoms with E-state index in [0.717, 1.165) is 11.7 Å². The Hall–Kier alpha value is -1.52. The summed E-state index contributed by atoms with van der Waals surface area (Å²) in [4.78, 5) is 18.2. The van der Waals surface area contributed by atoms with Crippen LogP contribution in [0.3, 0.4) is 0 Å². The van der Waals surface area contributed by atoms with Gasteiger partial charge < -0.3 is 4.90 Å². The van der Waals surface area contributed by atoms with Gasteiger partial charge in [0.25, 0.3) is 0 Å². The largest absolute Gasteiger partial charge is 0.364 e. The number of hydrogen-bond donors (Lipinski definition) is 0. The first-order chi connectivity index (χ1) is 5.79. The topological polar surface area (TPSA) is 52.7 Å². The zero-order valence-corrected chi connectivity index (χ0v) is 6.97. The molecular formula is C7H9N5. The van der Waals surface area contributed by atoms with E-state index in [2.05, 4.69) is 20.0 Å². The van der Waals surface area contributed by atoms with E-state index in [9.17, 15) is 0 Å². The normalized spacial score (nSPS) is 25.0. The molecule has 0 fully saturated rings. The van der Waals surface area contributed by atoms with Gasteiger partial charge in [-0.1, -0.05) is 0 Å². The fraction of sp³-hybridized carbons (Fsp3) is 0.429. The highest BCUT2D eigenvalue weighted by Gasteiger charge is 2.26. The van der Waals surface area contributed by atoms with Crippen LogP contribution in [0.2, 0.25) is 0 Å². The Morgan fingerprint density at radius 3 is 2.83 bits per heavy atom. The SMILES string of the molecule is CN(C)C1=NC=NC2=NC=NC21. The minimum Gasteiger partial charge on any atom is -0.364 e. The Kier molecular flexibility index (Phi) is 1.49. The Morgan fingerprint density at radius 2 is 2.08 bits per heavy atom. The molecule has 2 heterocycles. The first-order valence-electron chi connectivity index (χ1n) is 3.66. The average molecular weight is 163 g/mol. The zero-order chi connectivity index (χ0) is 8.55. The Bertz CT molecular complexity index is 310. The van der Waals surface area contributed by atoms with Crippen LogP contribution in [0, 0.1) is 0 Å². The molecule has 2 rings (SSSR count). The van der Waals surface area contributed by atoms with Gasteiger partial charge >= 0.3 is 0 Å². The lowest BCUT2D eigenvalue weighted by Gasteiger charge is -2.20. The number of amidine groups is 2. The van der Waals surface area contributed by atoms with Gasteiger partial charge in [0.05, 0.1) is 0 Å². The van der Waals surface area contributed by atoms with Crippen LogP contribution >= 0.6 is 0 Å². The maximum atomic E-state index is 4.15. The summed E-state index contributed by atoms with van der Waals surface area (Å²) in [7, 11) is 3.87. The van der Waals surface area contributed by atoms with Crippen molar-refractivity contribution in [2.45, 2.75) is 6.04 Å². The molecule has 0 aliphatic carbocycles. The highest BCUT2D eigenvalue weighted by molar-refractivity contribution is 6.19. The second-order valence-corrected chi connectivity index (χ2v) is 2.78. The molecule has 0 bridgehead atoms. The van der Waals surface area contributed by atoms with Crippen LogP contribution in [-0.2, 0) is 0 Å². The van der Waals surface area contributed by atoms with Crippen LogP contribution in [0.25, 0.3) is 0 Å². The molecule has 0 radical (unpaired) electrons. The molecule has 0 aromatic carbocycles. The van der Waals surface area contributed by atoms with E-state index in [4.69, 9.17) is 0 Å². The quantitative estimate of drug-likeness (QED) is 0.487. The molecule has 12 heavy (non-hydrogen) atoms. The van der Waals surface area contributed by atoms with E-state index in [1.54, 1.807) is 0 Å². The van der Waals surface area contributed by atoms with Crippen LogP contribution in [0.5, 0.6) is 0 Å². The van der Waals surface area contributed by atoms with Crippen molar-refractivity contribution in [3.8, 4) is 0 Å². The minimum absolute atomic E-state index is 0.0787.